The molecule has 1 aromatic heterocycles. The number of carbonyl (C=O) groups is 2. The number of aromatic nitrogens is 3. The normalized spacial score (nSPS) is 14.5. The van der Waals surface area contributed by atoms with Gasteiger partial charge in [-0.25, -0.2) is 9.07 Å². The van der Waals surface area contributed by atoms with Gasteiger partial charge < -0.3 is 10.2 Å². The van der Waals surface area contributed by atoms with Crippen LogP contribution in [0.15, 0.2) is 54.7 Å². The molecule has 30 heavy (non-hydrogen) atoms. The third-order valence-corrected chi connectivity index (χ3v) is 5.23. The number of carbonyl (C=O) groups excluding carboxylic acids is 2. The summed E-state index contributed by atoms with van der Waals surface area (Å²) in [7, 11) is 0. The summed E-state index contributed by atoms with van der Waals surface area (Å²) in [5, 5.41) is 11.0. The van der Waals surface area contributed by atoms with Crippen LogP contribution in [0.5, 0.6) is 0 Å². The molecular weight excluding hydrogens is 385 g/mol. The topological polar surface area (TPSA) is 80.1 Å². The molecule has 0 atom stereocenters. The highest BCUT2D eigenvalue weighted by atomic mass is 19.1. The number of hydrogen-bond donors (Lipinski definition) is 1. The van der Waals surface area contributed by atoms with Gasteiger partial charge in [-0.2, -0.15) is 0 Å². The molecule has 1 aliphatic rings. The van der Waals surface area contributed by atoms with E-state index in [2.05, 4.69) is 15.6 Å². The second-order valence-corrected chi connectivity index (χ2v) is 7.43. The van der Waals surface area contributed by atoms with Crippen molar-refractivity contribution in [2.24, 2.45) is 0 Å². The quantitative estimate of drug-likeness (QED) is 0.721. The average Bonchev–Trinajstić information content (AvgIpc) is 3.25. The number of rotatable bonds is 4. The average molecular weight is 407 g/mol. The van der Waals surface area contributed by atoms with Crippen molar-refractivity contribution in [1.29, 1.82) is 0 Å². The lowest BCUT2D eigenvalue weighted by molar-refractivity contribution is 0.0692. The van der Waals surface area contributed by atoms with Crippen LogP contribution in [0, 0.1) is 12.7 Å². The third kappa shape index (κ3) is 4.37. The summed E-state index contributed by atoms with van der Waals surface area (Å²) in [6, 6.07) is 13.3. The van der Waals surface area contributed by atoms with Gasteiger partial charge in [0.15, 0.2) is 5.69 Å². The van der Waals surface area contributed by atoms with Crippen molar-refractivity contribution < 1.29 is 14.0 Å². The predicted molar refractivity (Wildman–Crippen MR) is 109 cm³/mol. The summed E-state index contributed by atoms with van der Waals surface area (Å²) in [5.41, 5.74) is 2.60. The predicted octanol–water partition coefficient (Wildman–Crippen LogP) is 2.75. The zero-order chi connectivity index (χ0) is 21.1. The molecule has 0 aliphatic carbocycles. The van der Waals surface area contributed by atoms with Crippen LogP contribution >= 0.6 is 0 Å². The largest absolute Gasteiger partial charge is 0.349 e. The second-order valence-electron chi connectivity index (χ2n) is 7.43. The van der Waals surface area contributed by atoms with Gasteiger partial charge in [-0.1, -0.05) is 22.9 Å². The van der Waals surface area contributed by atoms with Crippen molar-refractivity contribution in [3.63, 3.8) is 0 Å². The van der Waals surface area contributed by atoms with Gasteiger partial charge in [0.05, 0.1) is 11.9 Å². The van der Waals surface area contributed by atoms with Crippen molar-refractivity contribution in [1.82, 2.24) is 25.2 Å². The highest BCUT2D eigenvalue weighted by Gasteiger charge is 2.26. The Morgan fingerprint density at radius 2 is 1.70 bits per heavy atom. The number of benzene rings is 2. The van der Waals surface area contributed by atoms with E-state index in [0.717, 1.165) is 5.56 Å². The molecule has 0 saturated carbocycles. The van der Waals surface area contributed by atoms with Crippen LogP contribution in [-0.4, -0.2) is 50.8 Å². The van der Waals surface area contributed by atoms with Gasteiger partial charge in [-0.05, 0) is 56.2 Å². The van der Waals surface area contributed by atoms with Gasteiger partial charge in [0.2, 0.25) is 0 Å². The van der Waals surface area contributed by atoms with Crippen LogP contribution in [0.25, 0.3) is 5.69 Å². The summed E-state index contributed by atoms with van der Waals surface area (Å²) >= 11 is 0. The minimum atomic E-state index is -0.340. The highest BCUT2D eigenvalue weighted by molar-refractivity contribution is 5.94. The molecule has 4 rings (SSSR count). The Kier molecular flexibility index (Phi) is 5.56. The maximum absolute atomic E-state index is 13.1. The molecule has 8 heteroatoms. The lowest BCUT2D eigenvalue weighted by atomic mass is 10.0. The summed E-state index contributed by atoms with van der Waals surface area (Å²) in [6.45, 7) is 3.04. The first-order valence-corrected chi connectivity index (χ1v) is 9.85. The molecule has 1 saturated heterocycles. The molecule has 1 fully saturated rings. The van der Waals surface area contributed by atoms with E-state index < -0.39 is 0 Å². The van der Waals surface area contributed by atoms with Gasteiger partial charge in [-0.3, -0.25) is 9.59 Å². The molecule has 1 N–H and O–H groups in total. The van der Waals surface area contributed by atoms with Crippen molar-refractivity contribution in [3.8, 4) is 5.69 Å². The fraction of sp³-hybridized carbons (Fsp3) is 0.273. The number of hydrogen-bond acceptors (Lipinski definition) is 4. The molecule has 154 valence electrons. The van der Waals surface area contributed by atoms with Gasteiger partial charge in [-0.15, -0.1) is 5.10 Å². The zero-order valence-electron chi connectivity index (χ0n) is 16.6. The van der Waals surface area contributed by atoms with E-state index in [-0.39, 0.29) is 29.4 Å². The standard InChI is InChI=1S/C22H22FN5O2/c1-15-2-4-16(5-3-15)21(29)24-18-10-12-27(13-11-18)22(30)20-14-28(26-25-20)19-8-6-17(23)7-9-19/h2-9,14,18H,10-13H2,1H3,(H,24,29). The summed E-state index contributed by atoms with van der Waals surface area (Å²) in [5.74, 6) is -0.638. The SMILES string of the molecule is Cc1ccc(C(=O)NC2CCN(C(=O)c3cn(-c4ccc(F)cc4)nn3)CC2)cc1. The Labute approximate surface area is 173 Å². The number of halogens is 1. The van der Waals surface area contributed by atoms with Crippen molar-refractivity contribution >= 4 is 11.8 Å². The first kappa shape index (κ1) is 19.8. The molecule has 1 aliphatic heterocycles. The number of nitrogens with one attached hydrogen (secondary N) is 1. The van der Waals surface area contributed by atoms with E-state index in [0.29, 0.717) is 37.2 Å². The fourth-order valence-electron chi connectivity index (χ4n) is 3.44. The van der Waals surface area contributed by atoms with Gasteiger partial charge in [0.1, 0.15) is 5.82 Å². The second kappa shape index (κ2) is 8.44. The molecule has 2 heterocycles. The third-order valence-electron chi connectivity index (χ3n) is 5.23. The van der Waals surface area contributed by atoms with E-state index in [1.165, 1.54) is 16.8 Å². The molecule has 2 aromatic carbocycles. The smallest absolute Gasteiger partial charge is 0.276 e. The van der Waals surface area contributed by atoms with E-state index in [1.807, 2.05) is 31.2 Å². The Bertz CT molecular complexity index is 1040. The maximum atomic E-state index is 13.1. The van der Waals surface area contributed by atoms with Crippen molar-refractivity contribution in [2.75, 3.05) is 13.1 Å². The minimum Gasteiger partial charge on any atom is -0.349 e. The summed E-state index contributed by atoms with van der Waals surface area (Å²) in [4.78, 5) is 26.8. The molecule has 3 aromatic rings. The highest BCUT2D eigenvalue weighted by Crippen LogP contribution is 2.15. The molecule has 0 unspecified atom stereocenters. The van der Waals surface area contributed by atoms with Crippen LogP contribution in [0.1, 0.15) is 39.3 Å². The lowest BCUT2D eigenvalue weighted by Gasteiger charge is -2.31. The number of likely N-dealkylation sites (tertiary alicyclic amines) is 1. The molecule has 0 bridgehead atoms. The number of aryl methyl sites for hydroxylation is 1. The zero-order valence-corrected chi connectivity index (χ0v) is 16.6. The van der Waals surface area contributed by atoms with Gasteiger partial charge in [0.25, 0.3) is 11.8 Å². The van der Waals surface area contributed by atoms with Crippen molar-refractivity contribution in [3.05, 3.63) is 77.4 Å². The van der Waals surface area contributed by atoms with Crippen LogP contribution in [0.3, 0.4) is 0 Å². The van der Waals surface area contributed by atoms with E-state index in [9.17, 15) is 14.0 Å². The van der Waals surface area contributed by atoms with Crippen LogP contribution in [0.2, 0.25) is 0 Å². The Morgan fingerprint density at radius 1 is 1.03 bits per heavy atom. The molecule has 7 nitrogen and oxygen atoms in total. The molecule has 0 spiro atoms. The lowest BCUT2D eigenvalue weighted by Crippen LogP contribution is -2.46. The van der Waals surface area contributed by atoms with Gasteiger partial charge in [0, 0.05) is 24.7 Å². The number of piperidine rings is 1. The van der Waals surface area contributed by atoms with Gasteiger partial charge >= 0.3 is 0 Å². The van der Waals surface area contributed by atoms with Crippen molar-refractivity contribution in [2.45, 2.75) is 25.8 Å². The Hall–Kier alpha value is -3.55. The van der Waals surface area contributed by atoms with Crippen LogP contribution in [0.4, 0.5) is 4.39 Å². The Balaban J connectivity index is 1.33. The molecular formula is C22H22FN5O2. The van der Waals surface area contributed by atoms with E-state index >= 15 is 0 Å². The first-order valence-electron chi connectivity index (χ1n) is 9.85. The first-order chi connectivity index (χ1) is 14.5. The van der Waals surface area contributed by atoms with E-state index in [4.69, 9.17) is 0 Å². The van der Waals surface area contributed by atoms with E-state index in [1.54, 1.807) is 23.2 Å². The summed E-state index contributed by atoms with van der Waals surface area (Å²) in [6.07, 6.45) is 2.89. The minimum absolute atomic E-state index is 0.0257. The monoisotopic (exact) mass is 407 g/mol. The summed E-state index contributed by atoms with van der Waals surface area (Å²) < 4.78 is 14.5. The number of amides is 2. The fourth-order valence-corrected chi connectivity index (χ4v) is 3.44. The van der Waals surface area contributed by atoms with Crippen LogP contribution < -0.4 is 5.32 Å². The Morgan fingerprint density at radius 3 is 2.37 bits per heavy atom. The maximum Gasteiger partial charge on any atom is 0.276 e. The van der Waals surface area contributed by atoms with Crippen LogP contribution in [-0.2, 0) is 0 Å². The number of nitrogens with zero attached hydrogens (tertiary/aromatic N) is 4. The molecule has 2 amide bonds. The molecule has 0 radical (unpaired) electrons.